The average Bonchev–Trinajstić information content (AvgIpc) is 2.81. The second kappa shape index (κ2) is 5.59. The highest BCUT2D eigenvalue weighted by molar-refractivity contribution is 7.10. The van der Waals surface area contributed by atoms with E-state index in [2.05, 4.69) is 0 Å². The van der Waals surface area contributed by atoms with Crippen molar-refractivity contribution in [1.29, 1.82) is 0 Å². The number of aryl methyl sites for hydroxylation is 1. The van der Waals surface area contributed by atoms with E-state index >= 15 is 0 Å². The summed E-state index contributed by atoms with van der Waals surface area (Å²) in [7, 11) is 0. The Morgan fingerprint density at radius 2 is 2.00 bits per heavy atom. The van der Waals surface area contributed by atoms with Crippen molar-refractivity contribution in [3.8, 4) is 0 Å². The molecular weight excluding hydrogens is 254 g/mol. The molecule has 1 unspecified atom stereocenters. The predicted octanol–water partition coefficient (Wildman–Crippen LogP) is 3.86. The van der Waals surface area contributed by atoms with Gasteiger partial charge in [0, 0.05) is 17.4 Å². The summed E-state index contributed by atoms with van der Waals surface area (Å²) < 4.78 is 26.3. The van der Waals surface area contributed by atoms with Gasteiger partial charge in [-0.3, -0.25) is 0 Å². The molecule has 1 aromatic heterocycles. The van der Waals surface area contributed by atoms with Gasteiger partial charge in [0.25, 0.3) is 0 Å². The van der Waals surface area contributed by atoms with Crippen molar-refractivity contribution < 1.29 is 13.9 Å². The van der Waals surface area contributed by atoms with Gasteiger partial charge in [-0.15, -0.1) is 11.3 Å². The normalized spacial score (nSPS) is 12.7. The van der Waals surface area contributed by atoms with Crippen LogP contribution in [0.15, 0.2) is 29.6 Å². The number of hydrogen-bond acceptors (Lipinski definition) is 2. The van der Waals surface area contributed by atoms with E-state index in [0.29, 0.717) is 5.56 Å². The first-order chi connectivity index (χ1) is 8.61. The molecule has 1 nitrogen and oxygen atoms in total. The van der Waals surface area contributed by atoms with E-state index in [-0.39, 0.29) is 6.42 Å². The fourth-order valence-corrected chi connectivity index (χ4v) is 2.90. The molecule has 0 fully saturated rings. The Hall–Kier alpha value is -1.26. The number of halogens is 2. The molecule has 0 saturated heterocycles. The summed E-state index contributed by atoms with van der Waals surface area (Å²) in [6, 6.07) is 5.40. The van der Waals surface area contributed by atoms with Gasteiger partial charge < -0.3 is 5.11 Å². The minimum Gasteiger partial charge on any atom is -0.387 e. The summed E-state index contributed by atoms with van der Waals surface area (Å²) in [6.07, 6.45) is 0.265. The third-order valence-corrected chi connectivity index (χ3v) is 3.95. The molecule has 0 spiro atoms. The molecule has 0 aliphatic carbocycles. The van der Waals surface area contributed by atoms with Crippen molar-refractivity contribution in [3.63, 3.8) is 0 Å². The predicted molar refractivity (Wildman–Crippen MR) is 68.7 cm³/mol. The van der Waals surface area contributed by atoms with Crippen LogP contribution in [0.5, 0.6) is 0 Å². The fraction of sp³-hybridized carbons (Fsp3) is 0.286. The van der Waals surface area contributed by atoms with Crippen LogP contribution in [-0.2, 0) is 12.8 Å². The number of benzene rings is 1. The van der Waals surface area contributed by atoms with Crippen LogP contribution in [0.3, 0.4) is 0 Å². The van der Waals surface area contributed by atoms with E-state index < -0.39 is 17.7 Å². The van der Waals surface area contributed by atoms with Gasteiger partial charge in [-0.25, -0.2) is 8.78 Å². The van der Waals surface area contributed by atoms with E-state index in [4.69, 9.17) is 0 Å². The summed E-state index contributed by atoms with van der Waals surface area (Å²) in [5, 5.41) is 12.0. The van der Waals surface area contributed by atoms with Crippen molar-refractivity contribution in [3.05, 3.63) is 57.3 Å². The van der Waals surface area contributed by atoms with Gasteiger partial charge in [-0.05, 0) is 35.1 Å². The number of aliphatic hydroxyl groups excluding tert-OH is 1. The second-order valence-electron chi connectivity index (χ2n) is 4.12. The third-order valence-electron chi connectivity index (χ3n) is 2.89. The van der Waals surface area contributed by atoms with Crippen molar-refractivity contribution in [1.82, 2.24) is 0 Å². The summed E-state index contributed by atoms with van der Waals surface area (Å²) in [6.45, 7) is 2.01. The average molecular weight is 268 g/mol. The van der Waals surface area contributed by atoms with Crippen LogP contribution < -0.4 is 0 Å². The molecule has 96 valence electrons. The minimum atomic E-state index is -0.736. The van der Waals surface area contributed by atoms with E-state index in [1.165, 1.54) is 23.5 Å². The molecule has 2 aromatic rings. The van der Waals surface area contributed by atoms with Crippen LogP contribution in [0, 0.1) is 11.6 Å². The summed E-state index contributed by atoms with van der Waals surface area (Å²) in [4.78, 5) is 0.862. The Morgan fingerprint density at radius 3 is 2.67 bits per heavy atom. The Labute approximate surface area is 109 Å². The smallest absolute Gasteiger partial charge is 0.129 e. The molecule has 0 amide bonds. The molecule has 1 atom stereocenters. The van der Waals surface area contributed by atoms with Gasteiger partial charge in [0.05, 0.1) is 6.10 Å². The van der Waals surface area contributed by atoms with Gasteiger partial charge in [0.15, 0.2) is 0 Å². The SMILES string of the molecule is CCc1ccsc1C(O)Cc1ccc(F)cc1F. The molecule has 0 radical (unpaired) electrons. The zero-order valence-electron chi connectivity index (χ0n) is 9.99. The molecule has 1 heterocycles. The second-order valence-corrected chi connectivity index (χ2v) is 5.07. The van der Waals surface area contributed by atoms with Crippen LogP contribution in [0.1, 0.15) is 29.0 Å². The zero-order chi connectivity index (χ0) is 13.1. The van der Waals surface area contributed by atoms with Gasteiger partial charge >= 0.3 is 0 Å². The Bertz CT molecular complexity index is 536. The van der Waals surface area contributed by atoms with Crippen molar-refractivity contribution in [2.24, 2.45) is 0 Å². The zero-order valence-corrected chi connectivity index (χ0v) is 10.8. The van der Waals surface area contributed by atoms with Gasteiger partial charge in [0.2, 0.25) is 0 Å². The third kappa shape index (κ3) is 2.76. The highest BCUT2D eigenvalue weighted by Crippen LogP contribution is 2.28. The minimum absolute atomic E-state index is 0.166. The molecule has 18 heavy (non-hydrogen) atoms. The highest BCUT2D eigenvalue weighted by atomic mass is 32.1. The number of hydrogen-bond donors (Lipinski definition) is 1. The molecule has 1 N–H and O–H groups in total. The summed E-state index contributed by atoms with van der Waals surface area (Å²) in [5.41, 5.74) is 1.41. The van der Waals surface area contributed by atoms with E-state index in [9.17, 15) is 13.9 Å². The maximum absolute atomic E-state index is 13.5. The fourth-order valence-electron chi connectivity index (χ4n) is 1.92. The molecule has 0 aliphatic rings. The lowest BCUT2D eigenvalue weighted by Crippen LogP contribution is -2.04. The lowest BCUT2D eigenvalue weighted by Gasteiger charge is -2.11. The number of aliphatic hydroxyl groups is 1. The van der Waals surface area contributed by atoms with Crippen LogP contribution in [0.25, 0.3) is 0 Å². The first-order valence-corrected chi connectivity index (χ1v) is 6.68. The molecule has 0 saturated carbocycles. The monoisotopic (exact) mass is 268 g/mol. The molecule has 0 aliphatic heterocycles. The van der Waals surface area contributed by atoms with Gasteiger partial charge in [-0.1, -0.05) is 13.0 Å². The lowest BCUT2D eigenvalue weighted by atomic mass is 10.0. The number of thiophene rings is 1. The van der Waals surface area contributed by atoms with Gasteiger partial charge in [0.1, 0.15) is 11.6 Å². The first kappa shape index (κ1) is 13.2. The first-order valence-electron chi connectivity index (χ1n) is 5.80. The molecule has 4 heteroatoms. The van der Waals surface area contributed by atoms with E-state index in [1.54, 1.807) is 0 Å². The van der Waals surface area contributed by atoms with Crippen LogP contribution >= 0.6 is 11.3 Å². The standard InChI is InChI=1S/C14H14F2OS/c1-2-9-5-6-18-14(9)13(17)7-10-3-4-11(15)8-12(10)16/h3-6,8,13,17H,2,7H2,1H3. The van der Waals surface area contributed by atoms with Crippen molar-refractivity contribution in [2.45, 2.75) is 25.9 Å². The van der Waals surface area contributed by atoms with Gasteiger partial charge in [-0.2, -0.15) is 0 Å². The Balaban J connectivity index is 2.18. The van der Waals surface area contributed by atoms with E-state index in [1.807, 2.05) is 18.4 Å². The maximum Gasteiger partial charge on any atom is 0.129 e. The van der Waals surface area contributed by atoms with Crippen molar-refractivity contribution >= 4 is 11.3 Å². The molecule has 0 bridgehead atoms. The Kier molecular flexibility index (Phi) is 4.09. The van der Waals surface area contributed by atoms with Crippen LogP contribution in [-0.4, -0.2) is 5.11 Å². The quantitative estimate of drug-likeness (QED) is 0.892. The highest BCUT2D eigenvalue weighted by Gasteiger charge is 2.16. The number of rotatable bonds is 4. The molecule has 2 rings (SSSR count). The Morgan fingerprint density at radius 1 is 1.22 bits per heavy atom. The summed E-state index contributed by atoms with van der Waals surface area (Å²) >= 11 is 1.46. The van der Waals surface area contributed by atoms with Crippen LogP contribution in [0.2, 0.25) is 0 Å². The van der Waals surface area contributed by atoms with E-state index in [0.717, 1.165) is 22.9 Å². The van der Waals surface area contributed by atoms with Crippen LogP contribution in [0.4, 0.5) is 8.78 Å². The maximum atomic E-state index is 13.5. The topological polar surface area (TPSA) is 20.2 Å². The molecular formula is C14H14F2OS. The largest absolute Gasteiger partial charge is 0.387 e. The summed E-state index contributed by atoms with van der Waals surface area (Å²) in [5.74, 6) is -1.21. The van der Waals surface area contributed by atoms with Crippen molar-refractivity contribution in [2.75, 3.05) is 0 Å². The molecule has 1 aromatic carbocycles. The lowest BCUT2D eigenvalue weighted by molar-refractivity contribution is 0.180.